The van der Waals surface area contributed by atoms with Crippen LogP contribution in [-0.4, -0.2) is 38.5 Å². The summed E-state index contributed by atoms with van der Waals surface area (Å²) in [6.07, 6.45) is 1.75. The molecule has 0 saturated carbocycles. The molecule has 12 heteroatoms. The van der Waals surface area contributed by atoms with Crippen molar-refractivity contribution in [1.82, 2.24) is 4.57 Å². The van der Waals surface area contributed by atoms with E-state index in [0.29, 0.717) is 63.9 Å². The number of nitrogens with zero attached hydrogens (tertiary/aromatic N) is 2. The van der Waals surface area contributed by atoms with Crippen molar-refractivity contribution in [2.75, 3.05) is 27.9 Å². The topological polar surface area (TPSA) is 97.6 Å². The van der Waals surface area contributed by atoms with Gasteiger partial charge in [-0.2, -0.15) is 0 Å². The standard InChI is InChI=1S/C38H32FIN2O7S/c1-5-48-37(44)32-33(23-11-7-6-8-12-23)41-38-42(34(32)24-15-16-28(45-2)29(20-24)46-3)36(43)31(50-38)19-22-17-27(40)35(30(18-22)47-4)49-21-25-13-9-10-14-26(25)39/h6-20,34H,5,21H2,1-4H3/b31-19-/t34-/m1/s1. The maximum atomic E-state index is 14.4. The number of methoxy groups -OCH3 is 3. The minimum absolute atomic E-state index is 0.0136. The van der Waals surface area contributed by atoms with Gasteiger partial charge in [0.1, 0.15) is 12.4 Å². The highest BCUT2D eigenvalue weighted by molar-refractivity contribution is 14.1. The van der Waals surface area contributed by atoms with Crippen molar-refractivity contribution in [3.8, 4) is 23.0 Å². The second-order valence-electron chi connectivity index (χ2n) is 11.0. The summed E-state index contributed by atoms with van der Waals surface area (Å²) in [5, 5.41) is 0. The Morgan fingerprint density at radius 2 is 1.66 bits per heavy atom. The number of carbonyl (C=O) groups is 1. The Balaban J connectivity index is 1.52. The van der Waals surface area contributed by atoms with Gasteiger partial charge in [-0.25, -0.2) is 14.2 Å². The smallest absolute Gasteiger partial charge is 0.338 e. The lowest BCUT2D eigenvalue weighted by Crippen LogP contribution is -2.40. The fourth-order valence-corrected chi connectivity index (χ4v) is 7.44. The number of hydrogen-bond acceptors (Lipinski definition) is 9. The predicted octanol–water partition coefficient (Wildman–Crippen LogP) is 6.28. The van der Waals surface area contributed by atoms with Crippen LogP contribution in [0.25, 0.3) is 11.8 Å². The summed E-state index contributed by atoms with van der Waals surface area (Å²) < 4.78 is 45.1. The van der Waals surface area contributed by atoms with E-state index >= 15 is 0 Å². The Hall–Kier alpha value is -4.95. The van der Waals surface area contributed by atoms with Crippen molar-refractivity contribution in [3.05, 3.63) is 142 Å². The van der Waals surface area contributed by atoms with E-state index in [1.807, 2.05) is 36.4 Å². The first-order chi connectivity index (χ1) is 24.3. The van der Waals surface area contributed by atoms with Crippen molar-refractivity contribution in [2.24, 2.45) is 4.99 Å². The average Bonchev–Trinajstić information content (AvgIpc) is 3.44. The number of hydrogen-bond donors (Lipinski definition) is 0. The molecule has 0 amide bonds. The molecule has 0 bridgehead atoms. The van der Waals surface area contributed by atoms with Crippen LogP contribution in [0.3, 0.4) is 0 Å². The number of rotatable bonds is 11. The molecule has 5 aromatic rings. The quantitative estimate of drug-likeness (QED) is 0.115. The normalized spacial score (nSPS) is 14.1. The summed E-state index contributed by atoms with van der Waals surface area (Å²) >= 11 is 3.33. The van der Waals surface area contributed by atoms with Crippen LogP contribution in [0.15, 0.2) is 100 Å². The zero-order chi connectivity index (χ0) is 35.4. The first kappa shape index (κ1) is 34.9. The number of benzene rings is 4. The Labute approximate surface area is 305 Å². The van der Waals surface area contributed by atoms with Gasteiger partial charge in [-0.3, -0.25) is 9.36 Å². The van der Waals surface area contributed by atoms with Gasteiger partial charge in [0.25, 0.3) is 5.56 Å². The van der Waals surface area contributed by atoms with E-state index in [9.17, 15) is 14.0 Å². The molecule has 1 atom stereocenters. The molecule has 0 spiro atoms. The van der Waals surface area contributed by atoms with Crippen LogP contribution < -0.4 is 33.8 Å². The summed E-state index contributed by atoms with van der Waals surface area (Å²) in [7, 11) is 4.58. The number of thiazole rings is 1. The molecule has 0 unspecified atom stereocenters. The molecular weight excluding hydrogens is 774 g/mol. The molecule has 0 radical (unpaired) electrons. The van der Waals surface area contributed by atoms with Gasteiger partial charge in [0.15, 0.2) is 27.8 Å². The van der Waals surface area contributed by atoms with Crippen molar-refractivity contribution in [1.29, 1.82) is 0 Å². The SMILES string of the molecule is CCOC(=O)C1=C(c2ccccc2)N=c2s/c(=C\c3cc(I)c(OCc4ccccc4F)c(OC)c3)c(=O)n2[C@@H]1c1ccc(OC)c(OC)c1. The van der Waals surface area contributed by atoms with Crippen LogP contribution in [0.1, 0.15) is 35.2 Å². The third-order valence-electron chi connectivity index (χ3n) is 7.98. The zero-order valence-corrected chi connectivity index (χ0v) is 30.5. The second-order valence-corrected chi connectivity index (χ2v) is 13.1. The van der Waals surface area contributed by atoms with E-state index in [-0.39, 0.29) is 30.2 Å². The molecule has 50 heavy (non-hydrogen) atoms. The van der Waals surface area contributed by atoms with Crippen molar-refractivity contribution >= 4 is 51.7 Å². The summed E-state index contributed by atoms with van der Waals surface area (Å²) in [6, 6.07) is 23.7. The monoisotopic (exact) mass is 806 g/mol. The van der Waals surface area contributed by atoms with Crippen LogP contribution in [0, 0.1) is 9.39 Å². The average molecular weight is 807 g/mol. The summed E-state index contributed by atoms with van der Waals surface area (Å²) in [5.41, 5.74) is 2.66. The predicted molar refractivity (Wildman–Crippen MR) is 197 cm³/mol. The minimum atomic E-state index is -0.897. The van der Waals surface area contributed by atoms with Crippen LogP contribution in [0.2, 0.25) is 0 Å². The van der Waals surface area contributed by atoms with Gasteiger partial charge in [-0.15, -0.1) is 0 Å². The summed E-state index contributed by atoms with van der Waals surface area (Å²) in [6.45, 7) is 1.88. The Morgan fingerprint density at radius 3 is 2.36 bits per heavy atom. The van der Waals surface area contributed by atoms with E-state index < -0.39 is 12.0 Å². The van der Waals surface area contributed by atoms with E-state index in [4.69, 9.17) is 28.7 Å². The molecule has 0 aliphatic carbocycles. The van der Waals surface area contributed by atoms with Crippen LogP contribution in [0.5, 0.6) is 23.0 Å². The summed E-state index contributed by atoms with van der Waals surface area (Å²) in [4.78, 5) is 33.5. The molecule has 1 aromatic heterocycles. The van der Waals surface area contributed by atoms with Crippen LogP contribution >= 0.6 is 33.9 Å². The second kappa shape index (κ2) is 15.3. The number of fused-ring (bicyclic) bond motifs is 1. The van der Waals surface area contributed by atoms with Gasteiger partial charge in [-0.05, 0) is 77.0 Å². The fourth-order valence-electron chi connectivity index (χ4n) is 5.66. The van der Waals surface area contributed by atoms with E-state index in [1.54, 1.807) is 55.5 Å². The van der Waals surface area contributed by atoms with Crippen molar-refractivity contribution in [3.63, 3.8) is 0 Å². The highest BCUT2D eigenvalue weighted by atomic mass is 127. The zero-order valence-electron chi connectivity index (χ0n) is 27.6. The van der Waals surface area contributed by atoms with Crippen molar-refractivity contribution in [2.45, 2.75) is 19.6 Å². The first-order valence-electron chi connectivity index (χ1n) is 15.5. The highest BCUT2D eigenvalue weighted by Crippen LogP contribution is 2.39. The molecule has 1 aliphatic rings. The maximum absolute atomic E-state index is 14.4. The number of esters is 1. The lowest BCUT2D eigenvalue weighted by molar-refractivity contribution is -0.138. The number of halogens is 2. The third-order valence-corrected chi connectivity index (χ3v) is 9.76. The van der Waals surface area contributed by atoms with Crippen LogP contribution in [-0.2, 0) is 16.1 Å². The van der Waals surface area contributed by atoms with Crippen LogP contribution in [0.4, 0.5) is 4.39 Å². The molecule has 0 fully saturated rings. The number of ether oxygens (including phenoxy) is 5. The van der Waals surface area contributed by atoms with Gasteiger partial charge < -0.3 is 23.7 Å². The lowest BCUT2D eigenvalue weighted by atomic mass is 9.93. The van der Waals surface area contributed by atoms with Gasteiger partial charge >= 0.3 is 5.97 Å². The Morgan fingerprint density at radius 1 is 0.940 bits per heavy atom. The highest BCUT2D eigenvalue weighted by Gasteiger charge is 2.35. The maximum Gasteiger partial charge on any atom is 0.338 e. The van der Waals surface area contributed by atoms with E-state index in [1.165, 1.54) is 43.3 Å². The summed E-state index contributed by atoms with van der Waals surface area (Å²) in [5.74, 6) is 0.864. The lowest BCUT2D eigenvalue weighted by Gasteiger charge is -2.26. The molecular formula is C38H32FIN2O7S. The molecule has 9 nitrogen and oxygen atoms in total. The molecule has 2 heterocycles. The molecule has 0 saturated heterocycles. The minimum Gasteiger partial charge on any atom is -0.493 e. The van der Waals surface area contributed by atoms with Gasteiger partial charge in [-0.1, -0.05) is 65.9 Å². The van der Waals surface area contributed by atoms with Gasteiger partial charge in [0.05, 0.1) is 53.4 Å². The third kappa shape index (κ3) is 6.90. The molecule has 256 valence electrons. The van der Waals surface area contributed by atoms with E-state index in [2.05, 4.69) is 22.6 Å². The molecule has 4 aromatic carbocycles. The fraction of sp³-hybridized carbons (Fsp3) is 0.184. The van der Waals surface area contributed by atoms with Gasteiger partial charge in [0, 0.05) is 11.1 Å². The largest absolute Gasteiger partial charge is 0.493 e. The first-order valence-corrected chi connectivity index (χ1v) is 17.4. The Bertz CT molecular complexity index is 2280. The van der Waals surface area contributed by atoms with Crippen molar-refractivity contribution < 1.29 is 32.9 Å². The molecule has 0 N–H and O–H groups in total. The van der Waals surface area contributed by atoms with E-state index in [0.717, 1.165) is 0 Å². The molecule has 6 rings (SSSR count). The Kier molecular flexibility index (Phi) is 10.7. The number of aromatic nitrogens is 1. The number of carbonyl (C=O) groups excluding carboxylic acids is 1. The van der Waals surface area contributed by atoms with Gasteiger partial charge in [0.2, 0.25) is 0 Å². The molecule has 1 aliphatic heterocycles.